The van der Waals surface area contributed by atoms with Gasteiger partial charge in [0.05, 0.1) is 7.11 Å². The number of benzene rings is 1. The number of ether oxygens (including phenoxy) is 1. The van der Waals surface area contributed by atoms with E-state index in [1.54, 1.807) is 6.92 Å². The number of hydrogen-bond acceptors (Lipinski definition) is 4. The number of aryl methyl sites for hydroxylation is 1. The van der Waals surface area contributed by atoms with E-state index in [0.717, 1.165) is 0 Å². The van der Waals surface area contributed by atoms with Crippen molar-refractivity contribution in [1.82, 2.24) is 0 Å². The minimum Gasteiger partial charge on any atom is -0.504 e. The van der Waals surface area contributed by atoms with E-state index in [2.05, 4.69) is 0 Å². The Morgan fingerprint density at radius 2 is 1.93 bits per heavy atom. The highest BCUT2D eigenvalue weighted by atomic mass is 16.5. The van der Waals surface area contributed by atoms with Crippen LogP contribution in [0.5, 0.6) is 11.5 Å². The van der Waals surface area contributed by atoms with Gasteiger partial charge in [-0.25, -0.2) is 0 Å². The molecule has 1 N–H and O–H groups in total. The summed E-state index contributed by atoms with van der Waals surface area (Å²) in [6, 6.07) is 2.81. The highest BCUT2D eigenvalue weighted by Gasteiger charge is 2.15. The number of carbonyl (C=O) groups excluding carboxylic acids is 2. The molecule has 0 fully saturated rings. The van der Waals surface area contributed by atoms with Gasteiger partial charge in [0.25, 0.3) is 0 Å². The minimum absolute atomic E-state index is 0.0161. The molecule has 0 aliphatic rings. The third-order valence-electron chi connectivity index (χ3n) is 2.07. The first-order chi connectivity index (χ1) is 6.97. The molecule has 0 aliphatic carbocycles. The van der Waals surface area contributed by atoms with E-state index in [1.807, 2.05) is 0 Å². The summed E-state index contributed by atoms with van der Waals surface area (Å²) in [5, 5.41) is 9.52. The fraction of sp³-hybridized carbons (Fsp3) is 0.273. The maximum absolute atomic E-state index is 11.4. The lowest BCUT2D eigenvalue weighted by Gasteiger charge is -2.07. The molecular weight excluding hydrogens is 196 g/mol. The van der Waals surface area contributed by atoms with Crippen LogP contribution in [0.1, 0.15) is 22.8 Å². The number of hydrogen-bond donors (Lipinski definition) is 1. The molecule has 4 nitrogen and oxygen atoms in total. The molecule has 0 saturated heterocycles. The van der Waals surface area contributed by atoms with Gasteiger partial charge in [-0.15, -0.1) is 0 Å². The molecule has 0 atom stereocenters. The van der Waals surface area contributed by atoms with Crippen molar-refractivity contribution >= 4 is 11.6 Å². The van der Waals surface area contributed by atoms with Gasteiger partial charge in [-0.2, -0.15) is 0 Å². The largest absolute Gasteiger partial charge is 0.504 e. The average Bonchev–Trinajstić information content (AvgIpc) is 2.20. The summed E-state index contributed by atoms with van der Waals surface area (Å²) in [6.07, 6.45) is 0. The van der Waals surface area contributed by atoms with Crippen molar-refractivity contribution in [2.75, 3.05) is 7.11 Å². The lowest BCUT2D eigenvalue weighted by atomic mass is 10.0. The zero-order chi connectivity index (χ0) is 11.6. The third kappa shape index (κ3) is 2.15. The van der Waals surface area contributed by atoms with Gasteiger partial charge >= 0.3 is 0 Å². The molecule has 0 spiro atoms. The lowest BCUT2D eigenvalue weighted by Crippen LogP contribution is -2.10. The van der Waals surface area contributed by atoms with E-state index in [-0.39, 0.29) is 17.1 Å². The SMILES string of the molecule is COc1cc(C(=O)C(C)=O)cc(C)c1O. The van der Waals surface area contributed by atoms with Crippen LogP contribution in [0.2, 0.25) is 0 Å². The summed E-state index contributed by atoms with van der Waals surface area (Å²) in [5.74, 6) is -0.948. The van der Waals surface area contributed by atoms with E-state index < -0.39 is 11.6 Å². The van der Waals surface area contributed by atoms with Gasteiger partial charge in [-0.1, -0.05) is 0 Å². The fourth-order valence-corrected chi connectivity index (χ4v) is 1.24. The van der Waals surface area contributed by atoms with Gasteiger partial charge in [0.2, 0.25) is 5.78 Å². The quantitative estimate of drug-likeness (QED) is 0.603. The number of Topliss-reactive ketones (excluding diaryl/α,β-unsaturated/α-hetero) is 2. The number of ketones is 2. The predicted octanol–water partition coefficient (Wildman–Crippen LogP) is 1.48. The Balaban J connectivity index is 3.28. The highest BCUT2D eigenvalue weighted by molar-refractivity contribution is 6.43. The van der Waals surface area contributed by atoms with Gasteiger partial charge in [0.15, 0.2) is 17.3 Å². The summed E-state index contributed by atoms with van der Waals surface area (Å²) < 4.78 is 4.88. The Kier molecular flexibility index (Phi) is 3.09. The van der Waals surface area contributed by atoms with Gasteiger partial charge < -0.3 is 9.84 Å². The second-order valence-electron chi connectivity index (χ2n) is 3.23. The van der Waals surface area contributed by atoms with E-state index in [1.165, 1.54) is 26.2 Å². The first-order valence-electron chi connectivity index (χ1n) is 4.40. The molecule has 0 unspecified atom stereocenters. The van der Waals surface area contributed by atoms with Crippen molar-refractivity contribution in [3.8, 4) is 11.5 Å². The summed E-state index contributed by atoms with van der Waals surface area (Å²) in [4.78, 5) is 22.3. The zero-order valence-corrected chi connectivity index (χ0v) is 8.83. The van der Waals surface area contributed by atoms with Gasteiger partial charge in [0, 0.05) is 12.5 Å². The first-order valence-corrected chi connectivity index (χ1v) is 4.40. The topological polar surface area (TPSA) is 63.6 Å². The van der Waals surface area contributed by atoms with E-state index in [4.69, 9.17) is 4.74 Å². The Bertz CT molecular complexity index is 421. The molecule has 0 saturated carbocycles. The normalized spacial score (nSPS) is 9.80. The number of phenols is 1. The second-order valence-corrected chi connectivity index (χ2v) is 3.23. The van der Waals surface area contributed by atoms with Crippen molar-refractivity contribution in [2.45, 2.75) is 13.8 Å². The monoisotopic (exact) mass is 208 g/mol. The standard InChI is InChI=1S/C11H12O4/c1-6-4-8(11(14)7(2)12)5-9(15-3)10(6)13/h4-5,13H,1-3H3. The van der Waals surface area contributed by atoms with Crippen LogP contribution < -0.4 is 4.74 Å². The zero-order valence-electron chi connectivity index (χ0n) is 8.83. The fourth-order valence-electron chi connectivity index (χ4n) is 1.24. The van der Waals surface area contributed by atoms with Crippen molar-refractivity contribution in [2.24, 2.45) is 0 Å². The summed E-state index contributed by atoms with van der Waals surface area (Å²) >= 11 is 0. The van der Waals surface area contributed by atoms with Crippen LogP contribution in [-0.4, -0.2) is 23.8 Å². The van der Waals surface area contributed by atoms with E-state index in [0.29, 0.717) is 5.56 Å². The Morgan fingerprint density at radius 3 is 2.40 bits per heavy atom. The average molecular weight is 208 g/mol. The highest BCUT2D eigenvalue weighted by Crippen LogP contribution is 2.30. The number of phenolic OH excluding ortho intramolecular Hbond substituents is 1. The smallest absolute Gasteiger partial charge is 0.228 e. The molecule has 4 heteroatoms. The van der Waals surface area contributed by atoms with Crippen LogP contribution in [0.25, 0.3) is 0 Å². The Hall–Kier alpha value is -1.84. The molecule has 0 aromatic heterocycles. The molecule has 0 aliphatic heterocycles. The maximum Gasteiger partial charge on any atom is 0.228 e. The molecule has 0 radical (unpaired) electrons. The predicted molar refractivity (Wildman–Crippen MR) is 54.4 cm³/mol. The Morgan fingerprint density at radius 1 is 1.33 bits per heavy atom. The summed E-state index contributed by atoms with van der Waals surface area (Å²) in [6.45, 7) is 2.84. The molecular formula is C11H12O4. The number of carbonyl (C=O) groups is 2. The molecule has 1 rings (SSSR count). The summed E-state index contributed by atoms with van der Waals surface area (Å²) in [5.41, 5.74) is 0.730. The number of rotatable bonds is 3. The molecule has 0 heterocycles. The van der Waals surface area contributed by atoms with Crippen LogP contribution in [0.3, 0.4) is 0 Å². The van der Waals surface area contributed by atoms with E-state index >= 15 is 0 Å². The third-order valence-corrected chi connectivity index (χ3v) is 2.07. The number of methoxy groups -OCH3 is 1. The van der Waals surface area contributed by atoms with Crippen molar-refractivity contribution < 1.29 is 19.4 Å². The van der Waals surface area contributed by atoms with Crippen LogP contribution in [0.4, 0.5) is 0 Å². The van der Waals surface area contributed by atoms with E-state index in [9.17, 15) is 14.7 Å². The molecule has 80 valence electrons. The molecule has 0 bridgehead atoms. The van der Waals surface area contributed by atoms with Gasteiger partial charge in [-0.05, 0) is 24.6 Å². The maximum atomic E-state index is 11.4. The minimum atomic E-state index is -0.587. The summed E-state index contributed by atoms with van der Waals surface area (Å²) in [7, 11) is 1.39. The van der Waals surface area contributed by atoms with Crippen molar-refractivity contribution in [1.29, 1.82) is 0 Å². The molecule has 1 aromatic rings. The van der Waals surface area contributed by atoms with Crippen LogP contribution in [0, 0.1) is 6.92 Å². The molecule has 15 heavy (non-hydrogen) atoms. The van der Waals surface area contributed by atoms with Crippen LogP contribution in [-0.2, 0) is 4.79 Å². The molecule has 0 amide bonds. The number of aromatic hydroxyl groups is 1. The molecule has 1 aromatic carbocycles. The van der Waals surface area contributed by atoms with Crippen molar-refractivity contribution in [3.05, 3.63) is 23.3 Å². The Labute approximate surface area is 87.5 Å². The van der Waals surface area contributed by atoms with Gasteiger partial charge in [-0.3, -0.25) is 9.59 Å². The first kappa shape index (κ1) is 11.2. The van der Waals surface area contributed by atoms with Gasteiger partial charge in [0.1, 0.15) is 0 Å². The van der Waals surface area contributed by atoms with Crippen molar-refractivity contribution in [3.63, 3.8) is 0 Å². The lowest BCUT2D eigenvalue weighted by molar-refractivity contribution is -0.113. The second kappa shape index (κ2) is 4.13. The van der Waals surface area contributed by atoms with Crippen LogP contribution in [0.15, 0.2) is 12.1 Å². The van der Waals surface area contributed by atoms with Crippen LogP contribution >= 0.6 is 0 Å².